The largest absolute Gasteiger partial charge is 0.494 e. The average molecular weight is 551 g/mol. The summed E-state index contributed by atoms with van der Waals surface area (Å²) >= 11 is 0. The molecule has 0 aliphatic rings. The summed E-state index contributed by atoms with van der Waals surface area (Å²) in [4.78, 5) is 12.3. The Morgan fingerprint density at radius 2 is 1.00 bits per heavy atom. The van der Waals surface area contributed by atoms with Gasteiger partial charge in [-0.15, -0.1) is 0 Å². The van der Waals surface area contributed by atoms with Crippen LogP contribution in [0.25, 0.3) is 11.1 Å². The normalized spacial score (nSPS) is 11.9. The van der Waals surface area contributed by atoms with Gasteiger partial charge in [0.25, 0.3) is 0 Å². The molecule has 1 unspecified atom stereocenters. The molecule has 3 nitrogen and oxygen atoms in total. The number of carbonyl (C=O) groups is 1. The van der Waals surface area contributed by atoms with Crippen LogP contribution in [0.1, 0.15) is 154 Å². The van der Waals surface area contributed by atoms with Crippen LogP contribution in [0.5, 0.6) is 5.75 Å². The Morgan fingerprint density at radius 3 is 1.50 bits per heavy atom. The van der Waals surface area contributed by atoms with E-state index in [1.165, 1.54) is 96.3 Å². The molecular formula is C37H58O3. The van der Waals surface area contributed by atoms with Gasteiger partial charge in [-0.1, -0.05) is 153 Å². The topological polar surface area (TPSA) is 35.5 Å². The predicted molar refractivity (Wildman–Crippen MR) is 171 cm³/mol. The Morgan fingerprint density at radius 1 is 0.575 bits per heavy atom. The lowest BCUT2D eigenvalue weighted by atomic mass is 10.0. The Hall–Kier alpha value is -2.29. The van der Waals surface area contributed by atoms with Crippen molar-refractivity contribution in [1.82, 2.24) is 0 Å². The lowest BCUT2D eigenvalue weighted by molar-refractivity contribution is -0.148. The molecule has 40 heavy (non-hydrogen) atoms. The van der Waals surface area contributed by atoms with Gasteiger partial charge in [-0.2, -0.15) is 0 Å². The molecule has 0 saturated carbocycles. The highest BCUT2D eigenvalue weighted by Crippen LogP contribution is 2.26. The molecule has 0 bridgehead atoms. The SMILES string of the molecule is CCCCCCCCCCCCCOc1ccc(-c2ccc(C(C)OC(=O)CCCCCCCCC)cc2)cc1. The summed E-state index contributed by atoms with van der Waals surface area (Å²) in [5.41, 5.74) is 3.35. The molecule has 0 saturated heterocycles. The van der Waals surface area contributed by atoms with Gasteiger partial charge in [0.2, 0.25) is 0 Å². The molecule has 2 aromatic rings. The molecule has 1 atom stereocenters. The van der Waals surface area contributed by atoms with E-state index in [0.717, 1.165) is 48.3 Å². The van der Waals surface area contributed by atoms with Crippen molar-refractivity contribution >= 4 is 5.97 Å². The Labute approximate surface area is 246 Å². The second kappa shape index (κ2) is 22.4. The summed E-state index contributed by atoms with van der Waals surface area (Å²) in [5.74, 6) is 0.850. The Bertz CT molecular complexity index is 871. The molecule has 0 aliphatic carbocycles. The van der Waals surface area contributed by atoms with Crippen molar-refractivity contribution in [3.63, 3.8) is 0 Å². The fourth-order valence-corrected chi connectivity index (χ4v) is 5.20. The van der Waals surface area contributed by atoms with Crippen molar-refractivity contribution in [3.8, 4) is 16.9 Å². The third kappa shape index (κ3) is 15.5. The van der Waals surface area contributed by atoms with Crippen LogP contribution in [-0.4, -0.2) is 12.6 Å². The summed E-state index contributed by atoms with van der Waals surface area (Å²) in [6.45, 7) is 7.26. The van der Waals surface area contributed by atoms with Gasteiger partial charge in [0.15, 0.2) is 0 Å². The third-order valence-electron chi connectivity index (χ3n) is 7.88. The van der Waals surface area contributed by atoms with E-state index in [9.17, 15) is 4.79 Å². The minimum atomic E-state index is -0.225. The monoisotopic (exact) mass is 550 g/mol. The molecule has 0 spiro atoms. The van der Waals surface area contributed by atoms with Crippen molar-refractivity contribution in [2.45, 2.75) is 149 Å². The maximum atomic E-state index is 12.3. The zero-order valence-corrected chi connectivity index (χ0v) is 26.1. The van der Waals surface area contributed by atoms with Crippen LogP contribution >= 0.6 is 0 Å². The van der Waals surface area contributed by atoms with Gasteiger partial charge < -0.3 is 9.47 Å². The quantitative estimate of drug-likeness (QED) is 0.0963. The lowest BCUT2D eigenvalue weighted by Gasteiger charge is -2.14. The van der Waals surface area contributed by atoms with Crippen LogP contribution in [0.4, 0.5) is 0 Å². The highest BCUT2D eigenvalue weighted by molar-refractivity contribution is 5.70. The number of esters is 1. The van der Waals surface area contributed by atoms with Crippen LogP contribution in [0.2, 0.25) is 0 Å². The zero-order valence-electron chi connectivity index (χ0n) is 26.1. The van der Waals surface area contributed by atoms with E-state index >= 15 is 0 Å². The molecule has 224 valence electrons. The number of ether oxygens (including phenoxy) is 2. The minimum absolute atomic E-state index is 0.0890. The number of rotatable bonds is 24. The van der Waals surface area contributed by atoms with E-state index < -0.39 is 0 Å². The van der Waals surface area contributed by atoms with Gasteiger partial charge in [0.05, 0.1) is 6.61 Å². The highest BCUT2D eigenvalue weighted by atomic mass is 16.5. The van der Waals surface area contributed by atoms with Gasteiger partial charge in [0, 0.05) is 6.42 Å². The molecule has 0 amide bonds. The van der Waals surface area contributed by atoms with E-state index in [-0.39, 0.29) is 12.1 Å². The predicted octanol–water partition coefficient (Wildman–Crippen LogP) is 11.8. The molecule has 3 heteroatoms. The van der Waals surface area contributed by atoms with Gasteiger partial charge in [-0.3, -0.25) is 4.79 Å². The maximum absolute atomic E-state index is 12.3. The van der Waals surface area contributed by atoms with Crippen LogP contribution in [-0.2, 0) is 9.53 Å². The lowest BCUT2D eigenvalue weighted by Crippen LogP contribution is -2.08. The second-order valence-corrected chi connectivity index (χ2v) is 11.5. The minimum Gasteiger partial charge on any atom is -0.494 e. The summed E-state index contributed by atoms with van der Waals surface area (Å²) in [5, 5.41) is 0. The van der Waals surface area contributed by atoms with Gasteiger partial charge >= 0.3 is 5.97 Å². The molecule has 0 heterocycles. The van der Waals surface area contributed by atoms with E-state index in [4.69, 9.17) is 9.47 Å². The first-order valence-corrected chi connectivity index (χ1v) is 16.7. The first-order chi connectivity index (χ1) is 19.6. The highest BCUT2D eigenvalue weighted by Gasteiger charge is 2.12. The van der Waals surface area contributed by atoms with Crippen molar-refractivity contribution in [3.05, 3.63) is 54.1 Å². The van der Waals surface area contributed by atoms with Gasteiger partial charge in [-0.05, 0) is 48.6 Å². The second-order valence-electron chi connectivity index (χ2n) is 11.5. The van der Waals surface area contributed by atoms with E-state index in [1.807, 2.05) is 6.92 Å². The fraction of sp³-hybridized carbons (Fsp3) is 0.649. The standard InChI is InChI=1S/C37H58O3/c1-4-6-8-10-12-13-14-15-17-19-21-31-39-36-29-27-35(28-30-36)34-25-23-33(24-26-34)32(3)40-37(38)22-20-18-16-11-9-7-5-2/h23-30,32H,4-22,31H2,1-3H3. The number of hydrogen-bond acceptors (Lipinski definition) is 3. The van der Waals surface area contributed by atoms with E-state index in [2.05, 4.69) is 62.4 Å². The molecular weight excluding hydrogens is 492 g/mol. The van der Waals surface area contributed by atoms with Crippen LogP contribution < -0.4 is 4.74 Å². The first-order valence-electron chi connectivity index (χ1n) is 16.7. The molecule has 0 radical (unpaired) electrons. The number of carbonyl (C=O) groups excluding carboxylic acids is 1. The molecule has 0 fully saturated rings. The van der Waals surface area contributed by atoms with Crippen molar-refractivity contribution in [2.24, 2.45) is 0 Å². The molecule has 0 aromatic heterocycles. The maximum Gasteiger partial charge on any atom is 0.306 e. The average Bonchev–Trinajstić information content (AvgIpc) is 2.97. The van der Waals surface area contributed by atoms with E-state index in [1.54, 1.807) is 0 Å². The molecule has 2 rings (SSSR count). The third-order valence-corrected chi connectivity index (χ3v) is 7.88. The summed E-state index contributed by atoms with van der Waals surface area (Å²) in [7, 11) is 0. The van der Waals surface area contributed by atoms with Gasteiger partial charge in [0.1, 0.15) is 11.9 Å². The van der Waals surface area contributed by atoms with Crippen LogP contribution in [0.3, 0.4) is 0 Å². The Kier molecular flexibility index (Phi) is 19.0. The van der Waals surface area contributed by atoms with Crippen molar-refractivity contribution < 1.29 is 14.3 Å². The van der Waals surface area contributed by atoms with Crippen molar-refractivity contribution in [2.75, 3.05) is 6.61 Å². The summed E-state index contributed by atoms with van der Waals surface area (Å²) < 4.78 is 11.7. The van der Waals surface area contributed by atoms with Crippen LogP contribution in [0, 0.1) is 0 Å². The molecule has 2 aromatic carbocycles. The zero-order chi connectivity index (χ0) is 28.7. The Balaban J connectivity index is 1.59. The van der Waals surface area contributed by atoms with Crippen LogP contribution in [0.15, 0.2) is 48.5 Å². The summed E-state index contributed by atoms with van der Waals surface area (Å²) in [6, 6.07) is 16.7. The smallest absolute Gasteiger partial charge is 0.306 e. The number of unbranched alkanes of at least 4 members (excludes halogenated alkanes) is 16. The number of hydrogen-bond donors (Lipinski definition) is 0. The van der Waals surface area contributed by atoms with Crippen molar-refractivity contribution in [1.29, 1.82) is 0 Å². The summed E-state index contributed by atoms with van der Waals surface area (Å²) in [6.07, 6.45) is 23.6. The number of benzene rings is 2. The fourth-order valence-electron chi connectivity index (χ4n) is 5.20. The molecule has 0 aliphatic heterocycles. The van der Waals surface area contributed by atoms with E-state index in [0.29, 0.717) is 6.42 Å². The first kappa shape index (κ1) is 33.9. The molecule has 0 N–H and O–H groups in total. The van der Waals surface area contributed by atoms with Gasteiger partial charge in [-0.25, -0.2) is 0 Å².